The molecule has 1 aromatic carbocycles. The van der Waals surface area contributed by atoms with Gasteiger partial charge in [0.15, 0.2) is 5.96 Å². The monoisotopic (exact) mass is 552 g/mol. The van der Waals surface area contributed by atoms with Gasteiger partial charge in [-0.25, -0.2) is 4.99 Å². The molecule has 0 radical (unpaired) electrons. The summed E-state index contributed by atoms with van der Waals surface area (Å²) in [7, 11) is 1.98. The van der Waals surface area contributed by atoms with Crippen LogP contribution in [-0.4, -0.2) is 34.2 Å². The lowest BCUT2D eigenvalue weighted by molar-refractivity contribution is -0.122. The van der Waals surface area contributed by atoms with Crippen LogP contribution in [0.2, 0.25) is 0 Å². The number of nitrogens with zero attached hydrogens (tertiary/aromatic N) is 3. The number of amides is 1. The fraction of sp³-hybridized carbons (Fsp3) is 0.542. The molecule has 8 heteroatoms. The topological polar surface area (TPSA) is 83.3 Å². The Hall–Kier alpha value is -2.10. The number of guanidine groups is 1. The first-order valence-corrected chi connectivity index (χ1v) is 11.3. The van der Waals surface area contributed by atoms with Crippen molar-refractivity contribution in [3.63, 3.8) is 0 Å². The minimum atomic E-state index is 0. The van der Waals surface area contributed by atoms with E-state index in [2.05, 4.69) is 48.7 Å². The molecule has 0 aliphatic heterocycles. The van der Waals surface area contributed by atoms with Crippen molar-refractivity contribution in [2.45, 2.75) is 66.0 Å². The Balaban J connectivity index is 0.00000363. The molecule has 1 atom stereocenters. The van der Waals surface area contributed by atoms with Crippen molar-refractivity contribution in [1.82, 2.24) is 20.4 Å². The highest BCUT2D eigenvalue weighted by Crippen LogP contribution is 2.27. The van der Waals surface area contributed by atoms with Crippen molar-refractivity contribution in [3.8, 4) is 0 Å². The zero-order chi connectivity index (χ0) is 22.4. The van der Waals surface area contributed by atoms with E-state index in [4.69, 9.17) is 4.99 Å². The van der Waals surface area contributed by atoms with E-state index < -0.39 is 0 Å². The predicted molar refractivity (Wildman–Crippen MR) is 142 cm³/mol. The molecule has 1 fully saturated rings. The molecule has 3 N–H and O–H groups in total. The summed E-state index contributed by atoms with van der Waals surface area (Å²) in [4.78, 5) is 17.0. The van der Waals surface area contributed by atoms with Gasteiger partial charge in [-0.2, -0.15) is 5.10 Å². The Kier molecular flexibility index (Phi) is 9.99. The molecule has 0 spiro atoms. The first-order valence-electron chi connectivity index (χ1n) is 11.3. The summed E-state index contributed by atoms with van der Waals surface area (Å²) in [5.74, 6) is 1.11. The molecule has 1 aliphatic carbocycles. The van der Waals surface area contributed by atoms with Gasteiger partial charge in [-0.3, -0.25) is 9.48 Å². The smallest absolute Gasteiger partial charge is 0.227 e. The second-order valence-corrected chi connectivity index (χ2v) is 8.54. The Morgan fingerprint density at radius 2 is 2.06 bits per heavy atom. The van der Waals surface area contributed by atoms with Crippen LogP contribution in [0.3, 0.4) is 0 Å². The van der Waals surface area contributed by atoms with Gasteiger partial charge in [-0.05, 0) is 70.2 Å². The van der Waals surface area contributed by atoms with Gasteiger partial charge in [-0.1, -0.05) is 18.6 Å². The standard InChI is InChI=1S/C24H36N6O.HI/c1-6-25-24(27-16(2)13-22-17(3)29-30(5)18(22)4)26-15-19-9-7-12-21(14-19)28-23(31)20-10-8-11-20;/h7,9,12,14,16,20H,6,8,10-11,13,15H2,1-5H3,(H,28,31)(H2,25,26,27);1H. The summed E-state index contributed by atoms with van der Waals surface area (Å²) in [6.07, 6.45) is 4.05. The molecular formula is C24H37IN6O. The largest absolute Gasteiger partial charge is 0.357 e. The van der Waals surface area contributed by atoms with Gasteiger partial charge in [0, 0.05) is 36.9 Å². The fourth-order valence-corrected chi connectivity index (χ4v) is 3.86. The van der Waals surface area contributed by atoms with Crippen molar-refractivity contribution in [1.29, 1.82) is 0 Å². The number of rotatable bonds is 8. The summed E-state index contributed by atoms with van der Waals surface area (Å²) in [6.45, 7) is 9.73. The van der Waals surface area contributed by atoms with Crippen molar-refractivity contribution in [2.24, 2.45) is 18.0 Å². The molecule has 1 heterocycles. The molecule has 1 aliphatic rings. The zero-order valence-corrected chi connectivity index (χ0v) is 22.2. The quantitative estimate of drug-likeness (QED) is 0.262. The number of anilines is 1. The Bertz CT molecular complexity index is 935. The van der Waals surface area contributed by atoms with Gasteiger partial charge < -0.3 is 16.0 Å². The molecule has 1 unspecified atom stereocenters. The third-order valence-electron chi connectivity index (χ3n) is 5.99. The first kappa shape index (κ1) is 26.2. The number of aromatic nitrogens is 2. The molecule has 7 nitrogen and oxygen atoms in total. The lowest BCUT2D eigenvalue weighted by Crippen LogP contribution is -2.43. The number of halogens is 1. The van der Waals surface area contributed by atoms with Gasteiger partial charge in [0.1, 0.15) is 0 Å². The zero-order valence-electron chi connectivity index (χ0n) is 19.9. The third-order valence-corrected chi connectivity index (χ3v) is 5.99. The van der Waals surface area contributed by atoms with Gasteiger partial charge in [0.05, 0.1) is 12.2 Å². The highest BCUT2D eigenvalue weighted by atomic mass is 127. The van der Waals surface area contributed by atoms with Crippen LogP contribution < -0.4 is 16.0 Å². The Labute approximate surface area is 208 Å². The maximum absolute atomic E-state index is 12.2. The Morgan fingerprint density at radius 1 is 1.31 bits per heavy atom. The summed E-state index contributed by atoms with van der Waals surface area (Å²) in [6, 6.07) is 8.17. The van der Waals surface area contributed by atoms with Gasteiger partial charge in [-0.15, -0.1) is 24.0 Å². The van der Waals surface area contributed by atoms with Crippen molar-refractivity contribution in [3.05, 3.63) is 46.8 Å². The fourth-order valence-electron chi connectivity index (χ4n) is 3.86. The van der Waals surface area contributed by atoms with Crippen LogP contribution in [0, 0.1) is 19.8 Å². The van der Waals surface area contributed by atoms with E-state index in [0.717, 1.165) is 55.1 Å². The second kappa shape index (κ2) is 12.2. The highest BCUT2D eigenvalue weighted by Gasteiger charge is 2.25. The van der Waals surface area contributed by atoms with E-state index in [0.29, 0.717) is 6.54 Å². The minimum absolute atomic E-state index is 0. The number of hydrogen-bond acceptors (Lipinski definition) is 3. The normalized spacial score (nSPS) is 14.8. The molecule has 0 saturated heterocycles. The summed E-state index contributed by atoms with van der Waals surface area (Å²) in [5, 5.41) is 14.4. The number of hydrogen-bond donors (Lipinski definition) is 3. The summed E-state index contributed by atoms with van der Waals surface area (Å²) < 4.78 is 1.94. The van der Waals surface area contributed by atoms with E-state index in [1.54, 1.807) is 0 Å². The van der Waals surface area contributed by atoms with E-state index in [9.17, 15) is 4.79 Å². The molecule has 1 saturated carbocycles. The van der Waals surface area contributed by atoms with Crippen LogP contribution in [0.15, 0.2) is 29.3 Å². The van der Waals surface area contributed by atoms with Gasteiger partial charge in [0.2, 0.25) is 5.91 Å². The first-order chi connectivity index (χ1) is 14.9. The van der Waals surface area contributed by atoms with Crippen molar-refractivity contribution < 1.29 is 4.79 Å². The van der Waals surface area contributed by atoms with Gasteiger partial charge in [0.25, 0.3) is 0 Å². The molecule has 2 aromatic rings. The average Bonchev–Trinajstić information content (AvgIpc) is 2.91. The SMILES string of the molecule is CCNC(=NCc1cccc(NC(=O)C2CCC2)c1)NC(C)Cc1c(C)nn(C)c1C.I. The lowest BCUT2D eigenvalue weighted by atomic mass is 9.85. The van der Waals surface area contributed by atoms with Crippen LogP contribution in [0.1, 0.15) is 55.6 Å². The van der Waals surface area contributed by atoms with E-state index >= 15 is 0 Å². The van der Waals surface area contributed by atoms with Crippen LogP contribution in [0.5, 0.6) is 0 Å². The van der Waals surface area contributed by atoms with Crippen LogP contribution in [0.4, 0.5) is 5.69 Å². The lowest BCUT2D eigenvalue weighted by Gasteiger charge is -2.24. The average molecular weight is 553 g/mol. The van der Waals surface area contributed by atoms with Crippen molar-refractivity contribution in [2.75, 3.05) is 11.9 Å². The molecule has 3 rings (SSSR count). The number of carbonyl (C=O) groups is 1. The molecular weight excluding hydrogens is 515 g/mol. The number of benzene rings is 1. The number of carbonyl (C=O) groups excluding carboxylic acids is 1. The minimum Gasteiger partial charge on any atom is -0.357 e. The third kappa shape index (κ3) is 6.95. The highest BCUT2D eigenvalue weighted by molar-refractivity contribution is 14.0. The van der Waals surface area contributed by atoms with E-state index in [1.165, 1.54) is 11.3 Å². The number of aryl methyl sites for hydroxylation is 2. The number of aliphatic imine (C=N–C) groups is 1. The Morgan fingerprint density at radius 3 is 2.66 bits per heavy atom. The summed E-state index contributed by atoms with van der Waals surface area (Å²) >= 11 is 0. The van der Waals surface area contributed by atoms with Crippen molar-refractivity contribution >= 4 is 41.5 Å². The van der Waals surface area contributed by atoms with Gasteiger partial charge >= 0.3 is 0 Å². The maximum Gasteiger partial charge on any atom is 0.227 e. The maximum atomic E-state index is 12.2. The molecule has 176 valence electrons. The molecule has 32 heavy (non-hydrogen) atoms. The van der Waals surface area contributed by atoms with E-state index in [-0.39, 0.29) is 41.8 Å². The molecule has 1 aromatic heterocycles. The predicted octanol–water partition coefficient (Wildman–Crippen LogP) is 4.08. The van der Waals surface area contributed by atoms with Crippen LogP contribution >= 0.6 is 24.0 Å². The van der Waals surface area contributed by atoms with Crippen LogP contribution in [-0.2, 0) is 24.8 Å². The second-order valence-electron chi connectivity index (χ2n) is 8.54. The number of nitrogens with one attached hydrogen (secondary N) is 3. The van der Waals surface area contributed by atoms with Crippen LogP contribution in [0.25, 0.3) is 0 Å². The summed E-state index contributed by atoms with van der Waals surface area (Å²) in [5.41, 5.74) is 5.48. The molecule has 1 amide bonds. The molecule has 0 bridgehead atoms. The van der Waals surface area contributed by atoms with E-state index in [1.807, 2.05) is 36.0 Å².